The Morgan fingerprint density at radius 2 is 1.71 bits per heavy atom. The molecule has 0 spiro atoms. The zero-order chi connectivity index (χ0) is 22.9. The van der Waals surface area contributed by atoms with Crippen LogP contribution in [0.25, 0.3) is 0 Å². The molecule has 0 aromatic heterocycles. The van der Waals surface area contributed by atoms with E-state index in [-0.39, 0.29) is 15.7 Å². The molecule has 31 heavy (non-hydrogen) atoms. The van der Waals surface area contributed by atoms with Crippen LogP contribution in [0.15, 0.2) is 47.4 Å². The van der Waals surface area contributed by atoms with Gasteiger partial charge < -0.3 is 0 Å². The van der Waals surface area contributed by atoms with E-state index in [9.17, 15) is 14.9 Å². The molecule has 2 aromatic carbocycles. The van der Waals surface area contributed by atoms with Crippen molar-refractivity contribution in [1.29, 1.82) is 0 Å². The van der Waals surface area contributed by atoms with Gasteiger partial charge in [0.1, 0.15) is 0 Å². The molecule has 2 aromatic rings. The van der Waals surface area contributed by atoms with E-state index < -0.39 is 4.92 Å². The van der Waals surface area contributed by atoms with Crippen LogP contribution in [-0.4, -0.2) is 40.4 Å². The van der Waals surface area contributed by atoms with Gasteiger partial charge in [0.05, 0.1) is 0 Å². The Hall–Kier alpha value is -1.78. The average molecular weight is 503 g/mol. The van der Waals surface area contributed by atoms with Crippen LogP contribution in [0.5, 0.6) is 5.75 Å². The van der Waals surface area contributed by atoms with Crippen molar-refractivity contribution in [2.45, 2.75) is 61.5 Å². The van der Waals surface area contributed by atoms with Crippen LogP contribution in [-0.2, 0) is 0 Å². The van der Waals surface area contributed by atoms with Gasteiger partial charge in [-0.15, -0.1) is 0 Å². The number of unbranched alkanes of at least 4 members (excludes halogenated alkanes) is 2. The van der Waals surface area contributed by atoms with E-state index in [1.54, 1.807) is 49.2 Å². The van der Waals surface area contributed by atoms with Crippen LogP contribution in [0.3, 0.4) is 0 Å². The van der Waals surface area contributed by atoms with Crippen molar-refractivity contribution in [3.8, 4) is 5.75 Å². The number of benzene rings is 2. The van der Waals surface area contributed by atoms with Gasteiger partial charge in [-0.2, -0.15) is 0 Å². The van der Waals surface area contributed by atoms with Crippen molar-refractivity contribution in [3.63, 3.8) is 0 Å². The van der Waals surface area contributed by atoms with Gasteiger partial charge in [-0.1, -0.05) is 0 Å². The van der Waals surface area contributed by atoms with Gasteiger partial charge in [0.2, 0.25) is 0 Å². The fourth-order valence-corrected chi connectivity index (χ4v) is 5.63. The Kier molecular flexibility index (Phi) is 10.1. The van der Waals surface area contributed by atoms with Crippen LogP contribution in [0.4, 0.5) is 5.69 Å². The summed E-state index contributed by atoms with van der Waals surface area (Å²) in [6, 6.07) is 11.5. The summed E-state index contributed by atoms with van der Waals surface area (Å²) in [6.45, 7) is 4.37. The topological polar surface area (TPSA) is 69.4 Å². The van der Waals surface area contributed by atoms with E-state index >= 15 is 0 Å². The number of nitro benzene ring substituents is 1. The van der Waals surface area contributed by atoms with E-state index in [0.29, 0.717) is 21.8 Å². The summed E-state index contributed by atoms with van der Waals surface area (Å²) >= 11 is 4.40. The van der Waals surface area contributed by atoms with Crippen LogP contribution >= 0.6 is 11.8 Å². The number of hydrogen-bond acceptors (Lipinski definition) is 5. The predicted octanol–water partition coefficient (Wildman–Crippen LogP) is 6.63. The first-order valence-electron chi connectivity index (χ1n) is 10.7. The number of thioether (sulfide) groups is 1. The fraction of sp³-hybridized carbons (Fsp3) is 0.458. The quantitative estimate of drug-likeness (QED) is 0.101. The molecule has 0 fully saturated rings. The average Bonchev–Trinajstić information content (AvgIpc) is 2.79. The van der Waals surface area contributed by atoms with E-state index in [0.717, 1.165) is 44.3 Å². The number of ether oxygens (including phenoxy) is 1. The summed E-state index contributed by atoms with van der Waals surface area (Å²) in [6.07, 6.45) is 6.74. The minimum atomic E-state index is -0.408. The number of nitrogens with zero attached hydrogens (tertiary/aromatic N) is 1. The fourth-order valence-electron chi connectivity index (χ4n) is 3.32. The van der Waals surface area contributed by atoms with Crippen molar-refractivity contribution >= 4 is 40.1 Å². The van der Waals surface area contributed by atoms with Gasteiger partial charge in [0.15, 0.2) is 0 Å². The Morgan fingerprint density at radius 3 is 2.23 bits per heavy atom. The number of non-ortho nitro benzene ring substituents is 1. The van der Waals surface area contributed by atoms with Crippen LogP contribution in [0.1, 0.15) is 68.3 Å². The first-order valence-corrected chi connectivity index (χ1v) is 12.6. The standard InChI is InChI=1S/C24H30AsNO4S/c1-4-6-14-24(25,15-7-5-2)17-31-22-16-19(26(28)29)10-13-21(22)23(27)18-8-11-20(30-3)12-9-18/h8-13,16H,4-7,14-15,17H2,1-3H3. The van der Waals surface area contributed by atoms with Crippen LogP contribution in [0, 0.1) is 10.1 Å². The molecule has 0 unspecified atom stereocenters. The molecule has 0 saturated heterocycles. The maximum atomic E-state index is 13.2. The molecule has 0 amide bonds. The molecule has 0 saturated carbocycles. The van der Waals surface area contributed by atoms with Crippen molar-refractivity contribution in [2.75, 3.05) is 12.9 Å². The molecule has 0 bridgehead atoms. The molecule has 0 N–H and O–H groups in total. The number of rotatable bonds is 13. The number of methoxy groups -OCH3 is 1. The maximum absolute atomic E-state index is 13.2. The van der Waals surface area contributed by atoms with E-state index in [1.807, 2.05) is 0 Å². The molecule has 0 aliphatic carbocycles. The van der Waals surface area contributed by atoms with Gasteiger partial charge in [0.25, 0.3) is 0 Å². The molecule has 166 valence electrons. The molecule has 7 heteroatoms. The number of carbonyl (C=O) groups excluding carboxylic acids is 1. The number of nitro groups is 1. The number of hydrogen-bond donors (Lipinski definition) is 0. The first kappa shape index (κ1) is 25.5. The second kappa shape index (κ2) is 12.3. The normalized spacial score (nSPS) is 11.4. The van der Waals surface area contributed by atoms with Crippen molar-refractivity contribution < 1.29 is 14.5 Å². The van der Waals surface area contributed by atoms with E-state index in [2.05, 4.69) is 30.7 Å². The molecule has 2 radical (unpaired) electrons. The number of ketones is 1. The van der Waals surface area contributed by atoms with Crippen LogP contribution in [0.2, 0.25) is 4.20 Å². The number of carbonyl (C=O) groups is 1. The minimum absolute atomic E-state index is 0.00656. The third kappa shape index (κ3) is 7.39. The summed E-state index contributed by atoms with van der Waals surface area (Å²) < 4.78 is 5.25. The summed E-state index contributed by atoms with van der Waals surface area (Å²) in [4.78, 5) is 24.8. The Labute approximate surface area is 198 Å². The third-order valence-corrected chi connectivity index (χ3v) is 8.34. The zero-order valence-corrected chi connectivity index (χ0v) is 21.1. The molecule has 5 nitrogen and oxygen atoms in total. The summed E-state index contributed by atoms with van der Waals surface area (Å²) in [5.41, 5.74) is 1.04. The van der Waals surface area contributed by atoms with E-state index in [1.165, 1.54) is 12.1 Å². The third-order valence-electron chi connectivity index (χ3n) is 5.26. The first-order chi connectivity index (χ1) is 14.8. The molecule has 0 atom stereocenters. The zero-order valence-electron chi connectivity index (χ0n) is 18.4. The SMILES string of the molecule is CCCCC([As])(CCCC)CSc1cc([N+](=O)[O-])ccc1C(=O)c1ccc(OC)cc1. The predicted molar refractivity (Wildman–Crippen MR) is 128 cm³/mol. The summed E-state index contributed by atoms with van der Waals surface area (Å²) in [5, 5.41) is 11.4. The Morgan fingerprint density at radius 1 is 1.10 bits per heavy atom. The van der Waals surface area contributed by atoms with Gasteiger partial charge in [0, 0.05) is 0 Å². The van der Waals surface area contributed by atoms with Crippen LogP contribution < -0.4 is 4.74 Å². The Balaban J connectivity index is 2.33. The Bertz CT molecular complexity index is 878. The van der Waals surface area contributed by atoms with Gasteiger partial charge >= 0.3 is 198 Å². The second-order valence-electron chi connectivity index (χ2n) is 7.72. The van der Waals surface area contributed by atoms with Crippen molar-refractivity contribution in [1.82, 2.24) is 0 Å². The molecular weight excluding hydrogens is 473 g/mol. The summed E-state index contributed by atoms with van der Waals surface area (Å²) in [5.74, 6) is 1.34. The molecule has 0 aliphatic rings. The molecule has 0 aliphatic heterocycles. The van der Waals surface area contributed by atoms with Gasteiger partial charge in [-0.3, -0.25) is 0 Å². The monoisotopic (exact) mass is 503 g/mol. The van der Waals surface area contributed by atoms with Crippen molar-refractivity contribution in [2.24, 2.45) is 0 Å². The molecule has 2 rings (SSSR count). The van der Waals surface area contributed by atoms with Crippen molar-refractivity contribution in [3.05, 3.63) is 63.7 Å². The van der Waals surface area contributed by atoms with E-state index in [4.69, 9.17) is 4.74 Å². The summed E-state index contributed by atoms with van der Waals surface area (Å²) in [7, 11) is 1.58. The van der Waals surface area contributed by atoms with Gasteiger partial charge in [-0.25, -0.2) is 0 Å². The molecular formula is C24H30AsNO4S. The van der Waals surface area contributed by atoms with Gasteiger partial charge in [-0.05, 0) is 0 Å². The second-order valence-corrected chi connectivity index (χ2v) is 10.7. The molecule has 0 heterocycles.